The molecule has 1 rings (SSSR count). The van der Waals surface area contributed by atoms with Gasteiger partial charge in [0.25, 0.3) is 0 Å². The number of rotatable bonds is 2. The molecule has 1 fully saturated rings. The van der Waals surface area contributed by atoms with E-state index in [4.69, 9.17) is 0 Å². The van der Waals surface area contributed by atoms with E-state index in [0.717, 1.165) is 0 Å². The highest BCUT2D eigenvalue weighted by Crippen LogP contribution is 2.56. The molecule has 132 valence electrons. The summed E-state index contributed by atoms with van der Waals surface area (Å²) in [5.41, 5.74) is -6.50. The lowest BCUT2D eigenvalue weighted by Crippen LogP contribution is -2.68. The molecule has 1 aliphatic carbocycles. The van der Waals surface area contributed by atoms with Gasteiger partial charge in [0.05, 0.1) is 6.10 Å². The molecule has 1 nitrogen and oxygen atoms in total. The second kappa shape index (κ2) is 5.45. The smallest absolute Gasteiger partial charge is 0.348 e. The van der Waals surface area contributed by atoms with Crippen LogP contribution in [0.5, 0.6) is 0 Å². The minimum atomic E-state index is -6.66. The van der Waals surface area contributed by atoms with Crippen LogP contribution in [0.3, 0.4) is 0 Å². The molecule has 0 amide bonds. The maximum Gasteiger partial charge on any atom is 0.435 e. The van der Waals surface area contributed by atoms with Gasteiger partial charge in [-0.1, -0.05) is 13.8 Å². The fourth-order valence-corrected chi connectivity index (χ4v) is 2.42. The van der Waals surface area contributed by atoms with E-state index < -0.39 is 30.2 Å². The summed E-state index contributed by atoms with van der Waals surface area (Å²) in [7, 11) is 0. The van der Waals surface area contributed by atoms with Gasteiger partial charge in [0.15, 0.2) is 0 Å². The van der Waals surface area contributed by atoms with Crippen molar-refractivity contribution in [2.24, 2.45) is 5.41 Å². The molecule has 0 aromatic rings. The maximum atomic E-state index is 12.7. The van der Waals surface area contributed by atoms with Crippen LogP contribution in [0.15, 0.2) is 0 Å². The third-order valence-corrected chi connectivity index (χ3v) is 3.83. The van der Waals surface area contributed by atoms with Crippen LogP contribution in [0.25, 0.3) is 0 Å². The Morgan fingerprint density at radius 3 is 1.32 bits per heavy atom. The van der Waals surface area contributed by atoms with Crippen LogP contribution in [0.2, 0.25) is 0 Å². The Morgan fingerprint density at radius 2 is 1.05 bits per heavy atom. The molecule has 0 radical (unpaired) electrons. The van der Waals surface area contributed by atoms with Gasteiger partial charge in [-0.25, -0.2) is 0 Å². The average molecular weight is 346 g/mol. The maximum absolute atomic E-state index is 12.7. The van der Waals surface area contributed by atoms with Gasteiger partial charge in [-0.3, -0.25) is 0 Å². The average Bonchev–Trinajstić information content (AvgIpc) is 2.22. The lowest BCUT2D eigenvalue weighted by atomic mass is 9.76. The van der Waals surface area contributed by atoms with Crippen LogP contribution < -0.4 is 0 Å². The first-order valence-corrected chi connectivity index (χ1v) is 6.41. The Kier molecular flexibility index (Phi) is 4.80. The monoisotopic (exact) mass is 346 g/mol. The molecule has 0 aromatic heterocycles. The van der Waals surface area contributed by atoms with Gasteiger partial charge in [-0.2, -0.15) is 39.5 Å². The Balaban J connectivity index is 3.18. The highest BCUT2D eigenvalue weighted by Gasteiger charge is 2.86. The number of ether oxygens (including phenoxy) is 1. The third-order valence-electron chi connectivity index (χ3n) is 3.83. The molecule has 0 unspecified atom stereocenters. The summed E-state index contributed by atoms with van der Waals surface area (Å²) in [5, 5.41) is 0. The molecule has 0 spiro atoms. The minimum Gasteiger partial charge on any atom is -0.348 e. The van der Waals surface area contributed by atoms with Gasteiger partial charge in [0, 0.05) is 0 Å². The third kappa shape index (κ3) is 3.46. The molecule has 22 heavy (non-hydrogen) atoms. The molecule has 0 saturated heterocycles. The molecule has 10 heteroatoms. The predicted octanol–water partition coefficient (Wildman–Crippen LogP) is 5.40. The zero-order valence-corrected chi connectivity index (χ0v) is 11.7. The Bertz CT molecular complexity index is 345. The number of alkyl halides is 9. The first-order chi connectivity index (χ1) is 9.54. The van der Waals surface area contributed by atoms with E-state index in [1.54, 1.807) is 13.8 Å². The van der Waals surface area contributed by atoms with Crippen LogP contribution in [0.1, 0.15) is 39.5 Å². The van der Waals surface area contributed by atoms with Crippen LogP contribution >= 0.6 is 0 Å². The van der Waals surface area contributed by atoms with Crippen LogP contribution in [-0.2, 0) is 4.74 Å². The number of halogens is 9. The van der Waals surface area contributed by atoms with Crippen molar-refractivity contribution in [3.63, 3.8) is 0 Å². The molecule has 0 heterocycles. The fourth-order valence-electron chi connectivity index (χ4n) is 2.42. The largest absolute Gasteiger partial charge is 0.435 e. The van der Waals surface area contributed by atoms with Crippen molar-refractivity contribution in [3.05, 3.63) is 0 Å². The quantitative estimate of drug-likeness (QED) is 0.609. The lowest BCUT2D eigenvalue weighted by Gasteiger charge is -2.43. The van der Waals surface area contributed by atoms with Gasteiger partial charge in [-0.05, 0) is 31.1 Å². The molecule has 0 aromatic carbocycles. The lowest BCUT2D eigenvalue weighted by molar-refractivity contribution is -0.465. The molecule has 0 bridgehead atoms. The van der Waals surface area contributed by atoms with E-state index in [1.807, 2.05) is 0 Å². The normalized spacial score (nSPS) is 22.0. The van der Waals surface area contributed by atoms with Crippen molar-refractivity contribution < 1.29 is 44.3 Å². The second-order valence-corrected chi connectivity index (χ2v) is 6.16. The summed E-state index contributed by atoms with van der Waals surface area (Å²) >= 11 is 0. The van der Waals surface area contributed by atoms with Crippen LogP contribution in [0.4, 0.5) is 39.5 Å². The van der Waals surface area contributed by atoms with Crippen LogP contribution in [-0.4, -0.2) is 30.2 Å². The topological polar surface area (TPSA) is 9.23 Å². The van der Waals surface area contributed by atoms with Gasteiger partial charge in [0.2, 0.25) is 0 Å². The van der Waals surface area contributed by atoms with Crippen molar-refractivity contribution in [1.82, 2.24) is 0 Å². The van der Waals surface area contributed by atoms with Crippen molar-refractivity contribution in [2.75, 3.05) is 0 Å². The Hall–Kier alpha value is -0.670. The zero-order chi connectivity index (χ0) is 17.6. The van der Waals surface area contributed by atoms with Gasteiger partial charge in [0.1, 0.15) is 0 Å². The Morgan fingerprint density at radius 1 is 0.727 bits per heavy atom. The van der Waals surface area contributed by atoms with E-state index in [1.165, 1.54) is 0 Å². The summed E-state index contributed by atoms with van der Waals surface area (Å²) in [6, 6.07) is 0. The van der Waals surface area contributed by atoms with E-state index in [9.17, 15) is 39.5 Å². The van der Waals surface area contributed by atoms with E-state index in [-0.39, 0.29) is 31.1 Å². The van der Waals surface area contributed by atoms with Crippen molar-refractivity contribution in [3.8, 4) is 0 Å². The summed E-state index contributed by atoms with van der Waals surface area (Å²) in [6.07, 6.45) is -21.9. The fraction of sp³-hybridized carbons (Fsp3) is 1.00. The first kappa shape index (κ1) is 19.4. The number of hydrogen-bond acceptors (Lipinski definition) is 1. The molecular weight excluding hydrogens is 331 g/mol. The SMILES string of the molecule is CC1(C)CCC(OC(C(F)(F)F)(C(F)(F)F)C(F)(F)F)CC1. The van der Waals surface area contributed by atoms with Gasteiger partial charge >= 0.3 is 24.1 Å². The highest BCUT2D eigenvalue weighted by atomic mass is 19.4. The van der Waals surface area contributed by atoms with Crippen LogP contribution in [0, 0.1) is 5.41 Å². The predicted molar refractivity (Wildman–Crippen MR) is 58.0 cm³/mol. The molecular formula is C12H15F9O. The highest BCUT2D eigenvalue weighted by molar-refractivity contribution is 5.03. The molecule has 0 atom stereocenters. The van der Waals surface area contributed by atoms with Crippen molar-refractivity contribution >= 4 is 0 Å². The number of hydrogen-bond donors (Lipinski definition) is 0. The molecule has 1 aliphatic rings. The first-order valence-electron chi connectivity index (χ1n) is 6.41. The molecule has 0 aliphatic heterocycles. The summed E-state index contributed by atoms with van der Waals surface area (Å²) in [6.45, 7) is 3.46. The van der Waals surface area contributed by atoms with E-state index >= 15 is 0 Å². The summed E-state index contributed by atoms with van der Waals surface area (Å²) in [4.78, 5) is 0. The second-order valence-electron chi connectivity index (χ2n) is 6.16. The zero-order valence-electron chi connectivity index (χ0n) is 11.7. The van der Waals surface area contributed by atoms with Gasteiger partial charge < -0.3 is 4.74 Å². The summed E-state index contributed by atoms with van der Waals surface area (Å²) in [5.74, 6) is 0. The summed E-state index contributed by atoms with van der Waals surface area (Å²) < 4.78 is 118. The Labute approximate surface area is 120 Å². The standard InChI is InChI=1S/C12H15F9O/c1-8(2)5-3-7(4-6-8)22-9(10(13,14)15,11(16,17)18)12(19,20)21/h7H,3-6H2,1-2H3. The molecule has 0 N–H and O–H groups in total. The minimum absolute atomic E-state index is 0.182. The van der Waals surface area contributed by atoms with Crippen molar-refractivity contribution in [1.29, 1.82) is 0 Å². The molecule has 1 saturated carbocycles. The van der Waals surface area contributed by atoms with E-state index in [0.29, 0.717) is 0 Å². The van der Waals surface area contributed by atoms with Gasteiger partial charge in [-0.15, -0.1) is 0 Å². The van der Waals surface area contributed by atoms with E-state index in [2.05, 4.69) is 4.74 Å². The van der Waals surface area contributed by atoms with Crippen molar-refractivity contribution in [2.45, 2.75) is 69.8 Å².